The Morgan fingerprint density at radius 2 is 1.86 bits per heavy atom. The van der Waals surface area contributed by atoms with E-state index in [0.29, 0.717) is 31.7 Å². The molecular formula is C24H22F3N5O2S. The Hall–Kier alpha value is -3.07. The van der Waals surface area contributed by atoms with Crippen LogP contribution < -0.4 is 15.5 Å². The molecule has 1 aromatic heterocycles. The maximum Gasteiger partial charge on any atom is 0.419 e. The molecule has 3 fully saturated rings. The molecule has 2 aromatic rings. The third kappa shape index (κ3) is 3.67. The number of amides is 1. The summed E-state index contributed by atoms with van der Waals surface area (Å²) in [5.74, 6) is -0.395. The summed E-state index contributed by atoms with van der Waals surface area (Å²) in [4.78, 5) is 20.1. The fourth-order valence-electron chi connectivity index (χ4n) is 5.08. The highest BCUT2D eigenvalue weighted by atomic mass is 32.1. The van der Waals surface area contributed by atoms with E-state index >= 15 is 0 Å². The highest BCUT2D eigenvalue weighted by Crippen LogP contribution is 2.48. The first-order chi connectivity index (χ1) is 16.6. The molecule has 3 heterocycles. The number of nitriles is 1. The Kier molecular flexibility index (Phi) is 5.58. The van der Waals surface area contributed by atoms with Gasteiger partial charge in [-0.25, -0.2) is 4.98 Å². The smallest absolute Gasteiger partial charge is 0.379 e. The molecule has 5 rings (SSSR count). The molecule has 1 atom stereocenters. The van der Waals surface area contributed by atoms with Crippen LogP contribution in [-0.2, 0) is 21.2 Å². The molecule has 1 aliphatic carbocycles. The molecule has 1 unspecified atom stereocenters. The van der Waals surface area contributed by atoms with Crippen molar-refractivity contribution in [3.8, 4) is 6.07 Å². The number of nitrogens with zero attached hydrogens (tertiary/aromatic N) is 4. The SMILES string of the molecule is N#Cc1ncc(N2C(=O)C3(CCC3)N(c3ccc(C4(N)CCCOC4)cc3)C2=S)cc1C(F)(F)F. The number of anilines is 2. The molecule has 11 heteroatoms. The molecular weight excluding hydrogens is 479 g/mol. The van der Waals surface area contributed by atoms with Crippen LogP contribution >= 0.6 is 12.2 Å². The monoisotopic (exact) mass is 501 g/mol. The zero-order valence-corrected chi connectivity index (χ0v) is 19.5. The van der Waals surface area contributed by atoms with Crippen LogP contribution in [0.2, 0.25) is 0 Å². The third-order valence-corrected chi connectivity index (χ3v) is 7.47. The van der Waals surface area contributed by atoms with Gasteiger partial charge in [-0.15, -0.1) is 0 Å². The van der Waals surface area contributed by atoms with Crippen LogP contribution in [-0.4, -0.2) is 34.8 Å². The summed E-state index contributed by atoms with van der Waals surface area (Å²) in [6, 6.07) is 9.65. The van der Waals surface area contributed by atoms with E-state index in [0.717, 1.165) is 42.0 Å². The first-order valence-corrected chi connectivity index (χ1v) is 11.6. The number of carbonyl (C=O) groups is 1. The fraction of sp³-hybridized carbons (Fsp3) is 0.417. The largest absolute Gasteiger partial charge is 0.419 e. The molecule has 7 nitrogen and oxygen atoms in total. The lowest BCUT2D eigenvalue weighted by Gasteiger charge is -2.43. The van der Waals surface area contributed by atoms with Gasteiger partial charge in [-0.05, 0) is 68.1 Å². The topological polar surface area (TPSA) is 95.5 Å². The molecule has 1 saturated carbocycles. The number of pyridine rings is 1. The van der Waals surface area contributed by atoms with Gasteiger partial charge >= 0.3 is 6.18 Å². The van der Waals surface area contributed by atoms with Crippen LogP contribution in [0.1, 0.15) is 48.9 Å². The number of thiocarbonyl (C=S) groups is 1. The van der Waals surface area contributed by atoms with Gasteiger partial charge in [-0.2, -0.15) is 18.4 Å². The minimum atomic E-state index is -4.80. The van der Waals surface area contributed by atoms with Crippen LogP contribution in [0.25, 0.3) is 0 Å². The molecule has 2 saturated heterocycles. The van der Waals surface area contributed by atoms with Gasteiger partial charge in [-0.3, -0.25) is 9.69 Å². The summed E-state index contributed by atoms with van der Waals surface area (Å²) in [5, 5.41) is 9.13. The van der Waals surface area contributed by atoms with Crippen molar-refractivity contribution in [2.24, 2.45) is 5.73 Å². The Balaban J connectivity index is 1.52. The van der Waals surface area contributed by atoms with Crippen molar-refractivity contribution in [2.75, 3.05) is 23.0 Å². The standard InChI is InChI=1S/C24H22F3N5O2S/c25-24(26,27)18-11-17(13-30-19(18)12-28)31-20(33)23(8-1-9-23)32(21(31)35)16-5-3-15(4-6-16)22(29)7-2-10-34-14-22/h3-6,11,13H,1-2,7-10,14,29H2. The van der Waals surface area contributed by atoms with Crippen LogP contribution in [0.15, 0.2) is 36.5 Å². The summed E-state index contributed by atoms with van der Waals surface area (Å²) in [7, 11) is 0. The number of hydrogen-bond acceptors (Lipinski definition) is 6. The van der Waals surface area contributed by atoms with Gasteiger partial charge in [0.05, 0.1) is 29.6 Å². The predicted molar refractivity (Wildman–Crippen MR) is 125 cm³/mol. The van der Waals surface area contributed by atoms with Gasteiger partial charge in [-0.1, -0.05) is 12.1 Å². The van der Waals surface area contributed by atoms with Gasteiger partial charge in [0.1, 0.15) is 11.6 Å². The molecule has 2 aliphatic heterocycles. The molecule has 182 valence electrons. The normalized spacial score (nSPS) is 24.0. The highest BCUT2D eigenvalue weighted by Gasteiger charge is 2.59. The summed E-state index contributed by atoms with van der Waals surface area (Å²) in [5.41, 5.74) is 4.48. The first-order valence-electron chi connectivity index (χ1n) is 11.2. The van der Waals surface area contributed by atoms with Crippen LogP contribution in [0, 0.1) is 11.3 Å². The average Bonchev–Trinajstić information content (AvgIpc) is 3.05. The van der Waals surface area contributed by atoms with E-state index in [1.165, 1.54) is 6.07 Å². The zero-order chi connectivity index (χ0) is 25.0. The highest BCUT2D eigenvalue weighted by molar-refractivity contribution is 7.81. The van der Waals surface area contributed by atoms with Gasteiger partial charge in [0, 0.05) is 12.3 Å². The summed E-state index contributed by atoms with van der Waals surface area (Å²) < 4.78 is 46.2. The van der Waals surface area contributed by atoms with Crippen molar-refractivity contribution < 1.29 is 22.7 Å². The van der Waals surface area contributed by atoms with Crippen LogP contribution in [0.3, 0.4) is 0 Å². The molecule has 35 heavy (non-hydrogen) atoms. The van der Waals surface area contributed by atoms with Gasteiger partial charge in [0.25, 0.3) is 5.91 Å². The molecule has 1 amide bonds. The van der Waals surface area contributed by atoms with Crippen molar-refractivity contribution in [3.63, 3.8) is 0 Å². The number of nitrogens with two attached hydrogens (primary N) is 1. The summed E-state index contributed by atoms with van der Waals surface area (Å²) in [6.45, 7) is 1.09. The minimum Gasteiger partial charge on any atom is -0.379 e. The van der Waals surface area contributed by atoms with Gasteiger partial charge < -0.3 is 15.4 Å². The quantitative estimate of drug-likeness (QED) is 0.636. The molecule has 0 radical (unpaired) electrons. The molecule has 2 N–H and O–H groups in total. The Bertz CT molecular complexity index is 1230. The second-order valence-electron chi connectivity index (χ2n) is 9.20. The molecule has 1 aromatic carbocycles. The third-order valence-electron chi connectivity index (χ3n) is 7.11. The number of halogens is 3. The number of alkyl halides is 3. The lowest BCUT2D eigenvalue weighted by atomic mass is 9.75. The number of rotatable bonds is 3. The maximum absolute atomic E-state index is 13.6. The fourth-order valence-corrected chi connectivity index (χ4v) is 5.54. The Labute approximate surface area is 205 Å². The van der Waals surface area contributed by atoms with Crippen molar-refractivity contribution in [3.05, 3.63) is 53.3 Å². The van der Waals surface area contributed by atoms with E-state index in [4.69, 9.17) is 28.0 Å². The van der Waals surface area contributed by atoms with E-state index in [9.17, 15) is 18.0 Å². The van der Waals surface area contributed by atoms with Crippen molar-refractivity contribution >= 4 is 34.6 Å². The predicted octanol–water partition coefficient (Wildman–Crippen LogP) is 4.00. The Morgan fingerprint density at radius 3 is 2.40 bits per heavy atom. The van der Waals surface area contributed by atoms with E-state index in [1.54, 1.807) is 4.90 Å². The Morgan fingerprint density at radius 1 is 1.14 bits per heavy atom. The van der Waals surface area contributed by atoms with E-state index in [1.807, 2.05) is 24.3 Å². The van der Waals surface area contributed by atoms with E-state index in [2.05, 4.69) is 4.98 Å². The van der Waals surface area contributed by atoms with Crippen molar-refractivity contribution in [1.29, 1.82) is 5.26 Å². The van der Waals surface area contributed by atoms with Gasteiger partial charge in [0.2, 0.25) is 0 Å². The van der Waals surface area contributed by atoms with E-state index < -0.39 is 34.4 Å². The number of hydrogen-bond donors (Lipinski definition) is 1. The number of carbonyl (C=O) groups excluding carboxylic acids is 1. The summed E-state index contributed by atoms with van der Waals surface area (Å²) in [6.07, 6.45) is -0.234. The minimum absolute atomic E-state index is 0.0746. The first kappa shape index (κ1) is 23.7. The van der Waals surface area contributed by atoms with Crippen LogP contribution in [0.5, 0.6) is 0 Å². The molecule has 1 spiro atoms. The summed E-state index contributed by atoms with van der Waals surface area (Å²) >= 11 is 5.64. The second kappa shape index (κ2) is 8.26. The lowest BCUT2D eigenvalue weighted by molar-refractivity contribution is -0.138. The number of benzene rings is 1. The van der Waals surface area contributed by atoms with Crippen molar-refractivity contribution in [1.82, 2.24) is 4.98 Å². The van der Waals surface area contributed by atoms with Crippen molar-refractivity contribution in [2.45, 2.75) is 49.4 Å². The van der Waals surface area contributed by atoms with Gasteiger partial charge in [0.15, 0.2) is 10.8 Å². The number of aromatic nitrogens is 1. The lowest BCUT2D eigenvalue weighted by Crippen LogP contribution is -2.55. The van der Waals surface area contributed by atoms with Crippen LogP contribution in [0.4, 0.5) is 24.5 Å². The van der Waals surface area contributed by atoms with E-state index in [-0.39, 0.29) is 10.8 Å². The zero-order valence-electron chi connectivity index (χ0n) is 18.6. The number of ether oxygens (including phenoxy) is 1. The second-order valence-corrected chi connectivity index (χ2v) is 9.57. The molecule has 0 bridgehead atoms. The average molecular weight is 502 g/mol. The molecule has 3 aliphatic rings. The maximum atomic E-state index is 13.6.